The average Bonchev–Trinajstić information content (AvgIpc) is 2.93. The SMILES string of the molecule is CCC(C)O[Si](OC(C)CC)(OC(C)CC)C1(O)CC2CCC1(C)C2(C)C. The first-order valence-electron chi connectivity index (χ1n) is 11.2. The summed E-state index contributed by atoms with van der Waals surface area (Å²) in [5.74, 6) is 0.487. The van der Waals surface area contributed by atoms with Crippen molar-refractivity contribution in [2.75, 3.05) is 0 Å². The van der Waals surface area contributed by atoms with Crippen molar-refractivity contribution in [2.24, 2.45) is 16.7 Å². The predicted octanol–water partition coefficient (Wildman–Crippen LogP) is 5.49. The van der Waals surface area contributed by atoms with Crippen molar-refractivity contribution < 1.29 is 18.4 Å². The Hall–Kier alpha value is 0.0569. The van der Waals surface area contributed by atoms with E-state index in [2.05, 4.69) is 62.3 Å². The minimum atomic E-state index is -3.40. The third-order valence-corrected chi connectivity index (χ3v) is 12.1. The Balaban J connectivity index is 2.58. The quantitative estimate of drug-likeness (QED) is 0.493. The van der Waals surface area contributed by atoms with Crippen molar-refractivity contribution in [1.82, 2.24) is 0 Å². The van der Waals surface area contributed by atoms with Gasteiger partial charge in [-0.3, -0.25) is 0 Å². The van der Waals surface area contributed by atoms with Crippen LogP contribution in [0.3, 0.4) is 0 Å². The summed E-state index contributed by atoms with van der Waals surface area (Å²) in [7, 11) is -3.40. The van der Waals surface area contributed by atoms with Gasteiger partial charge < -0.3 is 18.4 Å². The molecule has 2 saturated carbocycles. The zero-order valence-electron chi connectivity index (χ0n) is 19.2. The number of fused-ring (bicyclic) bond motifs is 2. The van der Waals surface area contributed by atoms with Crippen LogP contribution < -0.4 is 0 Å². The van der Waals surface area contributed by atoms with E-state index in [9.17, 15) is 5.11 Å². The van der Waals surface area contributed by atoms with E-state index in [1.54, 1.807) is 0 Å². The molecule has 6 atom stereocenters. The first-order chi connectivity index (χ1) is 12.4. The maximum Gasteiger partial charge on any atom is 0.535 e. The summed E-state index contributed by atoms with van der Waals surface area (Å²) < 4.78 is 20.0. The smallest absolute Gasteiger partial charge is 0.385 e. The summed E-state index contributed by atoms with van der Waals surface area (Å²) in [5.41, 5.74) is -0.207. The molecule has 27 heavy (non-hydrogen) atoms. The molecule has 0 heterocycles. The molecule has 2 fully saturated rings. The average molecular weight is 401 g/mol. The van der Waals surface area contributed by atoms with E-state index in [0.717, 1.165) is 32.1 Å². The lowest BCUT2D eigenvalue weighted by atomic mass is 9.69. The minimum Gasteiger partial charge on any atom is -0.385 e. The van der Waals surface area contributed by atoms with Gasteiger partial charge in [0.05, 0.1) is 0 Å². The first kappa shape index (κ1) is 23.3. The Bertz CT molecular complexity index is 479. The summed E-state index contributed by atoms with van der Waals surface area (Å²) >= 11 is 0. The van der Waals surface area contributed by atoms with E-state index in [1.807, 2.05) is 0 Å². The van der Waals surface area contributed by atoms with E-state index in [1.165, 1.54) is 6.42 Å². The lowest BCUT2D eigenvalue weighted by molar-refractivity contribution is -0.127. The molecule has 0 radical (unpaired) electrons. The van der Waals surface area contributed by atoms with Crippen LogP contribution in [0.1, 0.15) is 101 Å². The molecule has 160 valence electrons. The van der Waals surface area contributed by atoms with Gasteiger partial charge in [0.2, 0.25) is 0 Å². The molecule has 0 aromatic heterocycles. The van der Waals surface area contributed by atoms with Gasteiger partial charge in [0.25, 0.3) is 0 Å². The fourth-order valence-corrected chi connectivity index (χ4v) is 9.62. The van der Waals surface area contributed by atoms with Crippen molar-refractivity contribution in [3.05, 3.63) is 0 Å². The van der Waals surface area contributed by atoms with Crippen LogP contribution in [0.5, 0.6) is 0 Å². The Morgan fingerprint density at radius 1 is 0.889 bits per heavy atom. The molecule has 2 aliphatic carbocycles. The molecule has 2 bridgehead atoms. The predicted molar refractivity (Wildman–Crippen MR) is 112 cm³/mol. The molecular formula is C22H44O4Si. The molecule has 0 spiro atoms. The number of hydrogen-bond donors (Lipinski definition) is 1. The van der Waals surface area contributed by atoms with Crippen molar-refractivity contribution >= 4 is 8.80 Å². The zero-order chi connectivity index (χ0) is 20.7. The highest BCUT2D eigenvalue weighted by Crippen LogP contribution is 2.71. The van der Waals surface area contributed by atoms with E-state index < -0.39 is 14.0 Å². The van der Waals surface area contributed by atoms with E-state index in [4.69, 9.17) is 13.3 Å². The second kappa shape index (κ2) is 8.06. The summed E-state index contributed by atoms with van der Waals surface area (Å²) in [6.45, 7) is 19.5. The van der Waals surface area contributed by atoms with Crippen LogP contribution in [0.2, 0.25) is 0 Å². The molecule has 4 nitrogen and oxygen atoms in total. The van der Waals surface area contributed by atoms with Crippen LogP contribution in [0.15, 0.2) is 0 Å². The Kier molecular flexibility index (Phi) is 6.97. The van der Waals surface area contributed by atoms with Gasteiger partial charge in [0, 0.05) is 23.7 Å². The molecule has 6 unspecified atom stereocenters. The van der Waals surface area contributed by atoms with Crippen molar-refractivity contribution in [1.29, 1.82) is 0 Å². The Morgan fingerprint density at radius 3 is 1.56 bits per heavy atom. The fraction of sp³-hybridized carbons (Fsp3) is 1.00. The topological polar surface area (TPSA) is 47.9 Å². The van der Waals surface area contributed by atoms with E-state index in [-0.39, 0.29) is 29.1 Å². The molecular weight excluding hydrogens is 356 g/mol. The molecule has 2 aliphatic rings. The molecule has 0 aromatic carbocycles. The molecule has 0 aromatic rings. The van der Waals surface area contributed by atoms with Gasteiger partial charge in [0.1, 0.15) is 5.22 Å². The van der Waals surface area contributed by atoms with Gasteiger partial charge >= 0.3 is 8.80 Å². The molecule has 1 N–H and O–H groups in total. The lowest BCUT2D eigenvalue weighted by Gasteiger charge is -2.53. The molecule has 0 aliphatic heterocycles. The van der Waals surface area contributed by atoms with Gasteiger partial charge in [-0.05, 0) is 70.6 Å². The molecule has 2 rings (SSSR count). The monoisotopic (exact) mass is 400 g/mol. The van der Waals surface area contributed by atoms with Crippen LogP contribution in [-0.4, -0.2) is 37.4 Å². The fourth-order valence-electron chi connectivity index (χ4n) is 5.16. The van der Waals surface area contributed by atoms with E-state index in [0.29, 0.717) is 5.92 Å². The highest BCUT2D eigenvalue weighted by Gasteiger charge is 2.80. The second-order valence-electron chi connectivity index (χ2n) is 9.92. The Morgan fingerprint density at radius 2 is 1.30 bits per heavy atom. The summed E-state index contributed by atoms with van der Waals surface area (Å²) in [6.07, 6.45) is 5.54. The minimum absolute atomic E-state index is 0.000331. The van der Waals surface area contributed by atoms with Crippen molar-refractivity contribution in [2.45, 2.75) is 124 Å². The largest absolute Gasteiger partial charge is 0.535 e. The number of aliphatic hydroxyl groups is 1. The maximum absolute atomic E-state index is 12.4. The van der Waals surface area contributed by atoms with Crippen LogP contribution in [0, 0.1) is 16.7 Å². The normalized spacial score (nSPS) is 37.8. The third kappa shape index (κ3) is 3.56. The zero-order valence-corrected chi connectivity index (χ0v) is 20.2. The van der Waals surface area contributed by atoms with Crippen molar-refractivity contribution in [3.63, 3.8) is 0 Å². The van der Waals surface area contributed by atoms with Crippen LogP contribution in [-0.2, 0) is 13.3 Å². The lowest BCUT2D eigenvalue weighted by Crippen LogP contribution is -2.73. The highest BCUT2D eigenvalue weighted by atomic mass is 28.4. The van der Waals surface area contributed by atoms with Crippen molar-refractivity contribution in [3.8, 4) is 0 Å². The van der Waals surface area contributed by atoms with Crippen LogP contribution in [0.25, 0.3) is 0 Å². The molecule has 0 amide bonds. The summed E-state index contributed by atoms with van der Waals surface area (Å²) in [5, 5.41) is 11.4. The third-order valence-electron chi connectivity index (χ3n) is 8.19. The Labute approximate surface area is 168 Å². The van der Waals surface area contributed by atoms with E-state index >= 15 is 0 Å². The van der Waals surface area contributed by atoms with Crippen LogP contribution >= 0.6 is 0 Å². The number of rotatable bonds is 10. The standard InChI is InChI=1S/C22H44O4Si/c1-10-16(4)24-27(25-17(5)11-2,26-18(6)12-3)22(23)15-19-13-14-21(22,9)20(19,7)8/h16-19,23H,10-15H2,1-9H3. The van der Waals surface area contributed by atoms with Gasteiger partial charge in [-0.25, -0.2) is 0 Å². The van der Waals surface area contributed by atoms with Gasteiger partial charge in [-0.1, -0.05) is 41.5 Å². The van der Waals surface area contributed by atoms with Gasteiger partial charge in [0.15, 0.2) is 0 Å². The second-order valence-corrected chi connectivity index (χ2v) is 12.6. The van der Waals surface area contributed by atoms with Crippen LogP contribution in [0.4, 0.5) is 0 Å². The molecule has 5 heteroatoms. The maximum atomic E-state index is 12.4. The van der Waals surface area contributed by atoms with Gasteiger partial charge in [-0.2, -0.15) is 0 Å². The molecule has 0 saturated heterocycles. The number of hydrogen-bond acceptors (Lipinski definition) is 4. The van der Waals surface area contributed by atoms with Gasteiger partial charge in [-0.15, -0.1) is 0 Å². The summed E-state index contributed by atoms with van der Waals surface area (Å²) in [4.78, 5) is 0. The highest BCUT2D eigenvalue weighted by molar-refractivity contribution is 6.64. The summed E-state index contributed by atoms with van der Waals surface area (Å²) in [6, 6.07) is 0. The first-order valence-corrected chi connectivity index (χ1v) is 12.9.